The van der Waals surface area contributed by atoms with Gasteiger partial charge in [-0.25, -0.2) is 4.98 Å². The predicted octanol–water partition coefficient (Wildman–Crippen LogP) is 3.31. The minimum absolute atomic E-state index is 0.263. The summed E-state index contributed by atoms with van der Waals surface area (Å²) in [5.74, 6) is 1.79. The van der Waals surface area contributed by atoms with Gasteiger partial charge in [0.1, 0.15) is 5.75 Å². The highest BCUT2D eigenvalue weighted by molar-refractivity contribution is 7.11. The Morgan fingerprint density at radius 3 is 2.66 bits per heavy atom. The number of aryl methyl sites for hydroxylation is 2. The third kappa shape index (κ3) is 5.70. The van der Waals surface area contributed by atoms with Crippen molar-refractivity contribution in [3.05, 3.63) is 45.4 Å². The lowest BCUT2D eigenvalue weighted by Crippen LogP contribution is -2.43. The van der Waals surface area contributed by atoms with Crippen molar-refractivity contribution in [2.45, 2.75) is 39.2 Å². The zero-order chi connectivity index (χ0) is 20.6. The molecule has 1 aliphatic rings. The molecule has 29 heavy (non-hydrogen) atoms. The van der Waals surface area contributed by atoms with Gasteiger partial charge in [-0.05, 0) is 45.8 Å². The molecule has 0 spiro atoms. The van der Waals surface area contributed by atoms with Crippen LogP contribution in [0.4, 0.5) is 0 Å². The minimum atomic E-state index is 0.263. The molecule has 0 aliphatic carbocycles. The van der Waals surface area contributed by atoms with Gasteiger partial charge in [0.2, 0.25) is 0 Å². The highest BCUT2D eigenvalue weighted by Crippen LogP contribution is 2.31. The molecule has 1 aromatic carbocycles. The number of rotatable bonds is 8. The first kappa shape index (κ1) is 21.6. The number of likely N-dealkylation sites (tertiary alicyclic amines) is 1. The Labute approximate surface area is 178 Å². The number of ether oxygens (including phenoxy) is 1. The number of para-hydroxylation sites is 1. The maximum atomic E-state index is 5.64. The number of thiazole rings is 1. The maximum absolute atomic E-state index is 5.64. The van der Waals surface area contributed by atoms with E-state index < -0.39 is 0 Å². The Balaban J connectivity index is 1.60. The normalized spacial score (nSPS) is 16.1. The van der Waals surface area contributed by atoms with E-state index in [-0.39, 0.29) is 6.04 Å². The van der Waals surface area contributed by atoms with E-state index in [0.29, 0.717) is 0 Å². The Morgan fingerprint density at radius 1 is 1.24 bits per heavy atom. The monoisotopic (exact) mass is 415 g/mol. The number of benzene rings is 1. The number of nitrogens with zero attached hydrogens (tertiary/aromatic N) is 3. The standard InChI is InChI=1S/C22H33N5OS/c1-16-21(29-17(2)26-16)11-12-24-22(23-3)25-15-19(27-13-7-8-14-27)18-9-5-6-10-20(18)28-4/h5-6,9-10,19H,7-8,11-15H2,1-4H3,(H2,23,24,25). The molecule has 0 radical (unpaired) electrons. The van der Waals surface area contributed by atoms with Crippen LogP contribution in [0.2, 0.25) is 0 Å². The van der Waals surface area contributed by atoms with Crippen LogP contribution < -0.4 is 15.4 Å². The molecule has 2 N–H and O–H groups in total. The van der Waals surface area contributed by atoms with Crippen LogP contribution in [0.5, 0.6) is 5.75 Å². The van der Waals surface area contributed by atoms with Crippen molar-refractivity contribution in [2.24, 2.45) is 4.99 Å². The molecule has 1 aliphatic heterocycles. The van der Waals surface area contributed by atoms with E-state index in [9.17, 15) is 0 Å². The number of nitrogens with one attached hydrogen (secondary N) is 2. The molecule has 6 nitrogen and oxygen atoms in total. The zero-order valence-corrected chi connectivity index (χ0v) is 18.8. The van der Waals surface area contributed by atoms with E-state index in [0.717, 1.165) is 55.0 Å². The van der Waals surface area contributed by atoms with Crippen LogP contribution in [-0.4, -0.2) is 56.2 Å². The van der Waals surface area contributed by atoms with Crippen LogP contribution in [0.1, 0.15) is 40.0 Å². The molecule has 1 atom stereocenters. The second kappa shape index (κ2) is 10.6. The number of hydrogen-bond donors (Lipinski definition) is 2. The quantitative estimate of drug-likeness (QED) is 0.512. The number of guanidine groups is 1. The van der Waals surface area contributed by atoms with Crippen LogP contribution in [0, 0.1) is 13.8 Å². The molecule has 2 heterocycles. The summed E-state index contributed by atoms with van der Waals surface area (Å²) in [6, 6.07) is 8.60. The lowest BCUT2D eigenvalue weighted by Gasteiger charge is -2.30. The van der Waals surface area contributed by atoms with Gasteiger partial charge in [0, 0.05) is 37.0 Å². The van der Waals surface area contributed by atoms with E-state index in [1.165, 1.54) is 23.3 Å². The van der Waals surface area contributed by atoms with Gasteiger partial charge < -0.3 is 15.4 Å². The fraction of sp³-hybridized carbons (Fsp3) is 0.545. The average Bonchev–Trinajstić information content (AvgIpc) is 3.37. The van der Waals surface area contributed by atoms with Crippen LogP contribution in [-0.2, 0) is 6.42 Å². The second-order valence-corrected chi connectivity index (χ2v) is 8.66. The van der Waals surface area contributed by atoms with Crippen molar-refractivity contribution < 1.29 is 4.74 Å². The average molecular weight is 416 g/mol. The van der Waals surface area contributed by atoms with Gasteiger partial charge in [-0.1, -0.05) is 18.2 Å². The maximum Gasteiger partial charge on any atom is 0.191 e. The van der Waals surface area contributed by atoms with E-state index in [1.54, 1.807) is 18.4 Å². The lowest BCUT2D eigenvalue weighted by molar-refractivity contribution is 0.239. The van der Waals surface area contributed by atoms with Crippen molar-refractivity contribution in [1.82, 2.24) is 20.5 Å². The predicted molar refractivity (Wildman–Crippen MR) is 121 cm³/mol. The van der Waals surface area contributed by atoms with Gasteiger partial charge in [-0.3, -0.25) is 9.89 Å². The minimum Gasteiger partial charge on any atom is -0.496 e. The van der Waals surface area contributed by atoms with Crippen molar-refractivity contribution in [3.63, 3.8) is 0 Å². The molecule has 1 unspecified atom stereocenters. The molecule has 0 saturated carbocycles. The van der Waals surface area contributed by atoms with E-state index in [2.05, 4.69) is 51.5 Å². The number of methoxy groups -OCH3 is 1. The van der Waals surface area contributed by atoms with Crippen LogP contribution in [0.25, 0.3) is 0 Å². The molecule has 0 amide bonds. The summed E-state index contributed by atoms with van der Waals surface area (Å²) >= 11 is 1.78. The lowest BCUT2D eigenvalue weighted by atomic mass is 10.0. The molecule has 1 fully saturated rings. The van der Waals surface area contributed by atoms with Crippen molar-refractivity contribution in [3.8, 4) is 5.75 Å². The number of hydrogen-bond acceptors (Lipinski definition) is 5. The molecule has 0 bridgehead atoms. The Bertz CT molecular complexity index is 813. The highest BCUT2D eigenvalue weighted by Gasteiger charge is 2.26. The molecule has 158 valence electrons. The van der Waals surface area contributed by atoms with Crippen LogP contribution in [0.3, 0.4) is 0 Å². The highest BCUT2D eigenvalue weighted by atomic mass is 32.1. The number of aliphatic imine (C=N–C) groups is 1. The molecule has 7 heteroatoms. The largest absolute Gasteiger partial charge is 0.496 e. The summed E-state index contributed by atoms with van der Waals surface area (Å²) in [5.41, 5.74) is 2.37. The second-order valence-electron chi connectivity index (χ2n) is 7.37. The van der Waals surface area contributed by atoms with Crippen molar-refractivity contribution >= 4 is 17.3 Å². The Hall–Kier alpha value is -2.12. The van der Waals surface area contributed by atoms with E-state index in [4.69, 9.17) is 4.74 Å². The van der Waals surface area contributed by atoms with Gasteiger partial charge in [0.25, 0.3) is 0 Å². The summed E-state index contributed by atoms with van der Waals surface area (Å²) in [4.78, 5) is 12.8. The molecular formula is C22H33N5OS. The molecular weight excluding hydrogens is 382 g/mol. The number of aromatic nitrogens is 1. The topological polar surface area (TPSA) is 61.8 Å². The third-order valence-corrected chi connectivity index (χ3v) is 6.54. The fourth-order valence-electron chi connectivity index (χ4n) is 3.94. The third-order valence-electron chi connectivity index (χ3n) is 5.41. The fourth-order valence-corrected chi connectivity index (χ4v) is 4.88. The van der Waals surface area contributed by atoms with Gasteiger partial charge >= 0.3 is 0 Å². The van der Waals surface area contributed by atoms with E-state index in [1.807, 2.05) is 19.2 Å². The summed E-state index contributed by atoms with van der Waals surface area (Å²) in [6.07, 6.45) is 3.47. The summed E-state index contributed by atoms with van der Waals surface area (Å²) < 4.78 is 5.64. The molecule has 2 aromatic rings. The van der Waals surface area contributed by atoms with Crippen molar-refractivity contribution in [1.29, 1.82) is 0 Å². The molecule has 1 aromatic heterocycles. The van der Waals surface area contributed by atoms with E-state index >= 15 is 0 Å². The SMILES string of the molecule is CN=C(NCCc1sc(C)nc1C)NCC(c1ccccc1OC)N1CCCC1. The first-order valence-corrected chi connectivity index (χ1v) is 11.2. The first-order chi connectivity index (χ1) is 14.1. The summed E-state index contributed by atoms with van der Waals surface area (Å²) in [7, 11) is 3.57. The molecule has 3 rings (SSSR count). The Morgan fingerprint density at radius 2 is 2.00 bits per heavy atom. The van der Waals surface area contributed by atoms with Gasteiger partial charge in [0.15, 0.2) is 5.96 Å². The van der Waals surface area contributed by atoms with Gasteiger partial charge in [-0.15, -0.1) is 11.3 Å². The van der Waals surface area contributed by atoms with Crippen LogP contribution >= 0.6 is 11.3 Å². The Kier molecular flexibility index (Phi) is 7.89. The summed E-state index contributed by atoms with van der Waals surface area (Å²) in [6.45, 7) is 8.02. The summed E-state index contributed by atoms with van der Waals surface area (Å²) in [5, 5.41) is 8.11. The van der Waals surface area contributed by atoms with Gasteiger partial charge in [-0.2, -0.15) is 0 Å². The van der Waals surface area contributed by atoms with Gasteiger partial charge in [0.05, 0.1) is 23.9 Å². The van der Waals surface area contributed by atoms with Crippen LogP contribution in [0.15, 0.2) is 29.3 Å². The first-order valence-electron chi connectivity index (χ1n) is 10.4. The smallest absolute Gasteiger partial charge is 0.191 e. The zero-order valence-electron chi connectivity index (χ0n) is 18.0. The molecule has 1 saturated heterocycles. The van der Waals surface area contributed by atoms with Crippen molar-refractivity contribution in [2.75, 3.05) is 40.3 Å².